The van der Waals surface area contributed by atoms with Gasteiger partial charge in [-0.3, -0.25) is 4.68 Å². The van der Waals surface area contributed by atoms with Crippen molar-refractivity contribution in [1.29, 1.82) is 0 Å². The molecular weight excluding hydrogens is 252 g/mol. The number of methoxy groups -OCH3 is 2. The lowest BCUT2D eigenvalue weighted by atomic mass is 10.3. The number of hydrogen-bond donors (Lipinski definition) is 0. The van der Waals surface area contributed by atoms with Gasteiger partial charge in [0.25, 0.3) is 0 Å². The van der Waals surface area contributed by atoms with Crippen LogP contribution >= 0.6 is 0 Å². The highest BCUT2D eigenvalue weighted by atomic mass is 16.5. The monoisotopic (exact) mass is 266 g/mol. The predicted octanol–water partition coefficient (Wildman–Crippen LogP) is -0.612. The third kappa shape index (κ3) is 2.60. The van der Waals surface area contributed by atoms with E-state index in [1.807, 2.05) is 0 Å². The van der Waals surface area contributed by atoms with Crippen LogP contribution in [0.2, 0.25) is 0 Å². The summed E-state index contributed by atoms with van der Waals surface area (Å²) in [6.07, 6.45) is 1.45. The Morgan fingerprint density at radius 3 is 2.79 bits per heavy atom. The van der Waals surface area contributed by atoms with Crippen LogP contribution in [0.15, 0.2) is 6.33 Å². The van der Waals surface area contributed by atoms with Gasteiger partial charge in [-0.2, -0.15) is 5.10 Å². The van der Waals surface area contributed by atoms with Gasteiger partial charge in [-0.25, -0.2) is 14.5 Å². The molecule has 0 saturated heterocycles. The molecule has 0 spiro atoms. The van der Waals surface area contributed by atoms with Crippen LogP contribution in [0.3, 0.4) is 0 Å². The number of aromatic nitrogens is 6. The van der Waals surface area contributed by atoms with Crippen molar-refractivity contribution in [2.45, 2.75) is 13.2 Å². The molecule has 2 rings (SSSR count). The minimum absolute atomic E-state index is 0.145. The molecule has 102 valence electrons. The number of nitrogens with zero attached hydrogens (tertiary/aromatic N) is 6. The predicted molar refractivity (Wildman–Crippen MR) is 62.2 cm³/mol. The highest BCUT2D eigenvalue weighted by Gasteiger charge is 2.21. The molecule has 0 N–H and O–H groups in total. The first-order valence-corrected chi connectivity index (χ1v) is 5.49. The van der Waals surface area contributed by atoms with Crippen LogP contribution < -0.4 is 0 Å². The Morgan fingerprint density at radius 1 is 1.42 bits per heavy atom. The van der Waals surface area contributed by atoms with E-state index in [2.05, 4.69) is 25.1 Å². The van der Waals surface area contributed by atoms with Crippen LogP contribution in [0.1, 0.15) is 22.0 Å². The Morgan fingerprint density at radius 2 is 2.21 bits per heavy atom. The van der Waals surface area contributed by atoms with E-state index in [9.17, 15) is 4.79 Å². The van der Waals surface area contributed by atoms with Crippen molar-refractivity contribution < 1.29 is 14.3 Å². The fourth-order valence-corrected chi connectivity index (χ4v) is 1.59. The molecule has 0 radical (unpaired) electrons. The quantitative estimate of drug-likeness (QED) is 0.666. The SMILES string of the molecule is COCc1c(C(=O)OC)nnn1Cc1ncnn1C. The minimum Gasteiger partial charge on any atom is -0.464 e. The van der Waals surface area contributed by atoms with Gasteiger partial charge in [0, 0.05) is 14.2 Å². The summed E-state index contributed by atoms with van der Waals surface area (Å²) < 4.78 is 12.9. The first-order valence-electron chi connectivity index (χ1n) is 5.49. The third-order valence-corrected chi connectivity index (χ3v) is 2.59. The first-order chi connectivity index (χ1) is 9.17. The van der Waals surface area contributed by atoms with E-state index in [0.717, 1.165) is 0 Å². The Balaban J connectivity index is 2.32. The van der Waals surface area contributed by atoms with Gasteiger partial charge in [-0.1, -0.05) is 5.21 Å². The van der Waals surface area contributed by atoms with Gasteiger partial charge in [0.2, 0.25) is 0 Å². The molecular formula is C10H14N6O3. The summed E-state index contributed by atoms with van der Waals surface area (Å²) in [5.74, 6) is 0.148. The Kier molecular flexibility index (Phi) is 3.85. The fraction of sp³-hybridized carbons (Fsp3) is 0.500. The molecule has 9 nitrogen and oxygen atoms in total. The molecule has 0 aliphatic rings. The zero-order chi connectivity index (χ0) is 13.8. The Bertz CT molecular complexity index is 576. The van der Waals surface area contributed by atoms with Crippen LogP contribution in [0.25, 0.3) is 0 Å². The molecule has 0 aliphatic heterocycles. The molecule has 0 saturated carbocycles. The normalized spacial score (nSPS) is 10.7. The van der Waals surface area contributed by atoms with E-state index >= 15 is 0 Å². The third-order valence-electron chi connectivity index (χ3n) is 2.59. The van der Waals surface area contributed by atoms with Crippen LogP contribution in [-0.4, -0.2) is 49.9 Å². The molecule has 0 aliphatic carbocycles. The van der Waals surface area contributed by atoms with E-state index < -0.39 is 5.97 Å². The molecule has 19 heavy (non-hydrogen) atoms. The lowest BCUT2D eigenvalue weighted by molar-refractivity contribution is 0.0588. The molecule has 0 aromatic carbocycles. The van der Waals surface area contributed by atoms with Crippen LogP contribution in [0.4, 0.5) is 0 Å². The van der Waals surface area contributed by atoms with Gasteiger partial charge >= 0.3 is 5.97 Å². The highest BCUT2D eigenvalue weighted by Crippen LogP contribution is 2.10. The van der Waals surface area contributed by atoms with E-state index in [-0.39, 0.29) is 12.3 Å². The smallest absolute Gasteiger partial charge is 0.360 e. The van der Waals surface area contributed by atoms with E-state index in [4.69, 9.17) is 4.74 Å². The number of carbonyl (C=O) groups is 1. The zero-order valence-electron chi connectivity index (χ0n) is 10.9. The summed E-state index contributed by atoms with van der Waals surface area (Å²) in [4.78, 5) is 15.7. The second-order valence-electron chi connectivity index (χ2n) is 3.77. The van der Waals surface area contributed by atoms with Crippen molar-refractivity contribution in [1.82, 2.24) is 29.8 Å². The van der Waals surface area contributed by atoms with Gasteiger partial charge in [0.1, 0.15) is 18.7 Å². The minimum atomic E-state index is -0.545. The fourth-order valence-electron chi connectivity index (χ4n) is 1.59. The molecule has 9 heteroatoms. The second-order valence-corrected chi connectivity index (χ2v) is 3.77. The van der Waals surface area contributed by atoms with Crippen molar-refractivity contribution in [2.24, 2.45) is 7.05 Å². The number of hydrogen-bond acceptors (Lipinski definition) is 7. The number of rotatable bonds is 5. The molecule has 0 atom stereocenters. The number of ether oxygens (including phenoxy) is 2. The topological polar surface area (TPSA) is 97.0 Å². The number of esters is 1. The lowest BCUT2D eigenvalue weighted by Gasteiger charge is -2.06. The van der Waals surface area contributed by atoms with Crippen molar-refractivity contribution in [2.75, 3.05) is 14.2 Å². The van der Waals surface area contributed by atoms with E-state index in [1.165, 1.54) is 20.5 Å². The van der Waals surface area contributed by atoms with Gasteiger partial charge < -0.3 is 9.47 Å². The second kappa shape index (κ2) is 5.57. The maximum atomic E-state index is 11.6. The molecule has 2 aromatic heterocycles. The average molecular weight is 266 g/mol. The molecule has 2 heterocycles. The molecule has 0 amide bonds. The van der Waals surface area contributed by atoms with Crippen molar-refractivity contribution in [3.8, 4) is 0 Å². The van der Waals surface area contributed by atoms with Crippen LogP contribution in [0, 0.1) is 0 Å². The van der Waals surface area contributed by atoms with Gasteiger partial charge in [0.15, 0.2) is 5.69 Å². The van der Waals surface area contributed by atoms with Crippen LogP contribution in [0.5, 0.6) is 0 Å². The number of carbonyl (C=O) groups excluding carboxylic acids is 1. The van der Waals surface area contributed by atoms with E-state index in [0.29, 0.717) is 18.1 Å². The summed E-state index contributed by atoms with van der Waals surface area (Å²) >= 11 is 0. The van der Waals surface area contributed by atoms with Crippen molar-refractivity contribution >= 4 is 5.97 Å². The molecule has 0 bridgehead atoms. The summed E-state index contributed by atoms with van der Waals surface area (Å²) in [6.45, 7) is 0.550. The first kappa shape index (κ1) is 13.1. The van der Waals surface area contributed by atoms with E-state index in [1.54, 1.807) is 16.4 Å². The highest BCUT2D eigenvalue weighted by molar-refractivity contribution is 5.88. The van der Waals surface area contributed by atoms with Crippen molar-refractivity contribution in [3.05, 3.63) is 23.5 Å². The Labute approximate surface area is 109 Å². The maximum Gasteiger partial charge on any atom is 0.360 e. The standard InChI is InChI=1S/C10H14N6O3/c1-15-8(11-6-12-15)4-16-7(5-18-2)9(13-14-16)10(17)19-3/h6H,4-5H2,1-3H3. The number of aryl methyl sites for hydroxylation is 1. The molecule has 0 fully saturated rings. The zero-order valence-corrected chi connectivity index (χ0v) is 10.9. The summed E-state index contributed by atoms with van der Waals surface area (Å²) in [5.41, 5.74) is 0.684. The van der Waals surface area contributed by atoms with Gasteiger partial charge in [-0.15, -0.1) is 5.10 Å². The van der Waals surface area contributed by atoms with Gasteiger partial charge in [0.05, 0.1) is 19.4 Å². The van der Waals surface area contributed by atoms with Crippen molar-refractivity contribution in [3.63, 3.8) is 0 Å². The average Bonchev–Trinajstić information content (AvgIpc) is 2.98. The van der Waals surface area contributed by atoms with Crippen LogP contribution in [-0.2, 0) is 29.7 Å². The summed E-state index contributed by atoms with van der Waals surface area (Å²) in [5, 5.41) is 11.7. The van der Waals surface area contributed by atoms with Gasteiger partial charge in [-0.05, 0) is 0 Å². The molecule has 2 aromatic rings. The Hall–Kier alpha value is -2.29. The summed E-state index contributed by atoms with van der Waals surface area (Å²) in [7, 11) is 4.60. The largest absolute Gasteiger partial charge is 0.464 e. The summed E-state index contributed by atoms with van der Waals surface area (Å²) in [6, 6.07) is 0. The lowest BCUT2D eigenvalue weighted by Crippen LogP contribution is -2.13. The maximum absolute atomic E-state index is 11.6. The molecule has 0 unspecified atom stereocenters.